The van der Waals surface area contributed by atoms with Crippen molar-refractivity contribution < 1.29 is 9.59 Å². The normalized spacial score (nSPS) is 10.1. The molecule has 0 heterocycles. The third-order valence-electron chi connectivity index (χ3n) is 2.59. The highest BCUT2D eigenvalue weighted by Gasteiger charge is 2.17. The minimum absolute atomic E-state index is 0.407. The van der Waals surface area contributed by atoms with Crippen LogP contribution in [0.3, 0.4) is 0 Å². The summed E-state index contributed by atoms with van der Waals surface area (Å²) in [5.41, 5.74) is 1.80. The Hall–Kier alpha value is -1.74. The topological polar surface area (TPSA) is 34.1 Å². The minimum atomic E-state index is -0.479. The van der Waals surface area contributed by atoms with Crippen LogP contribution in [-0.2, 0) is 0 Å². The maximum atomic E-state index is 12.0. The molecular formula is C15H11BrO2. The zero-order valence-corrected chi connectivity index (χ0v) is 11.4. The number of benzene rings is 2. The molecule has 2 aromatic rings. The van der Waals surface area contributed by atoms with E-state index in [1.165, 1.54) is 0 Å². The van der Waals surface area contributed by atoms with Gasteiger partial charge in [0.1, 0.15) is 0 Å². The zero-order valence-electron chi connectivity index (χ0n) is 9.81. The first kappa shape index (κ1) is 12.7. The van der Waals surface area contributed by atoms with Crippen LogP contribution >= 0.6 is 15.9 Å². The van der Waals surface area contributed by atoms with Gasteiger partial charge in [-0.05, 0) is 37.3 Å². The van der Waals surface area contributed by atoms with E-state index in [2.05, 4.69) is 15.9 Å². The van der Waals surface area contributed by atoms with Crippen molar-refractivity contribution in [2.45, 2.75) is 6.92 Å². The number of halogens is 1. The molecule has 0 aliphatic heterocycles. The van der Waals surface area contributed by atoms with E-state index in [1.54, 1.807) is 42.5 Å². The van der Waals surface area contributed by atoms with Crippen LogP contribution in [0.15, 0.2) is 53.0 Å². The lowest BCUT2D eigenvalue weighted by molar-refractivity contribution is 0.0817. The van der Waals surface area contributed by atoms with Crippen molar-refractivity contribution in [2.24, 2.45) is 0 Å². The van der Waals surface area contributed by atoms with E-state index in [-0.39, 0.29) is 0 Å². The molecule has 90 valence electrons. The fourth-order valence-electron chi connectivity index (χ4n) is 1.65. The molecule has 0 fully saturated rings. The number of Topliss-reactive ketones (excluding diaryl/α,β-unsaturated/α-hetero) is 2. The Kier molecular flexibility index (Phi) is 3.72. The second kappa shape index (κ2) is 5.27. The summed E-state index contributed by atoms with van der Waals surface area (Å²) in [6.45, 7) is 1.89. The summed E-state index contributed by atoms with van der Waals surface area (Å²) < 4.78 is 0.877. The number of carbonyl (C=O) groups is 2. The minimum Gasteiger partial charge on any atom is -0.285 e. The average molecular weight is 303 g/mol. The monoisotopic (exact) mass is 302 g/mol. The van der Waals surface area contributed by atoms with Crippen LogP contribution in [0.5, 0.6) is 0 Å². The molecule has 0 aromatic heterocycles. The Bertz CT molecular complexity index is 600. The van der Waals surface area contributed by atoms with E-state index >= 15 is 0 Å². The van der Waals surface area contributed by atoms with E-state index in [4.69, 9.17) is 0 Å². The van der Waals surface area contributed by atoms with Crippen molar-refractivity contribution in [3.63, 3.8) is 0 Å². The standard InChI is InChI=1S/C15H11BrO2/c1-10-3-2-4-12(9-10)15(18)14(17)11-5-7-13(16)8-6-11/h2-9H,1H3. The summed E-state index contributed by atoms with van der Waals surface area (Å²) in [5, 5.41) is 0. The highest BCUT2D eigenvalue weighted by Crippen LogP contribution is 2.13. The average Bonchev–Trinajstić information content (AvgIpc) is 2.38. The molecule has 0 aliphatic carbocycles. The maximum Gasteiger partial charge on any atom is 0.233 e. The van der Waals surface area contributed by atoms with E-state index in [0.717, 1.165) is 10.0 Å². The molecule has 0 N–H and O–H groups in total. The molecule has 2 rings (SSSR count). The lowest BCUT2D eigenvalue weighted by atomic mass is 10.0. The number of hydrogen-bond donors (Lipinski definition) is 0. The van der Waals surface area contributed by atoms with Gasteiger partial charge in [-0.2, -0.15) is 0 Å². The summed E-state index contributed by atoms with van der Waals surface area (Å²) >= 11 is 3.29. The number of hydrogen-bond acceptors (Lipinski definition) is 2. The Morgan fingerprint density at radius 2 is 1.50 bits per heavy atom. The number of ketones is 2. The number of rotatable bonds is 3. The predicted molar refractivity (Wildman–Crippen MR) is 74.0 cm³/mol. The van der Waals surface area contributed by atoms with Gasteiger partial charge in [0, 0.05) is 15.6 Å². The largest absolute Gasteiger partial charge is 0.285 e. The molecule has 0 spiro atoms. The first-order chi connectivity index (χ1) is 8.58. The van der Waals surface area contributed by atoms with Crippen molar-refractivity contribution >= 4 is 27.5 Å². The molecule has 0 radical (unpaired) electrons. The Balaban J connectivity index is 2.29. The van der Waals surface area contributed by atoms with Crippen molar-refractivity contribution in [1.29, 1.82) is 0 Å². The molecule has 3 heteroatoms. The SMILES string of the molecule is Cc1cccc(C(=O)C(=O)c2ccc(Br)cc2)c1. The third-order valence-corrected chi connectivity index (χ3v) is 3.12. The quantitative estimate of drug-likeness (QED) is 0.638. The van der Waals surface area contributed by atoms with Gasteiger partial charge in [-0.25, -0.2) is 0 Å². The second-order valence-corrected chi connectivity index (χ2v) is 4.95. The highest BCUT2D eigenvalue weighted by molar-refractivity contribution is 9.10. The first-order valence-corrected chi connectivity index (χ1v) is 6.28. The van der Waals surface area contributed by atoms with E-state index in [9.17, 15) is 9.59 Å². The molecule has 0 saturated carbocycles. The van der Waals surface area contributed by atoms with Crippen LogP contribution < -0.4 is 0 Å². The van der Waals surface area contributed by atoms with Gasteiger partial charge >= 0.3 is 0 Å². The summed E-state index contributed by atoms with van der Waals surface area (Å²) in [7, 11) is 0. The molecule has 0 amide bonds. The molecule has 18 heavy (non-hydrogen) atoms. The summed E-state index contributed by atoms with van der Waals surface area (Å²) in [6.07, 6.45) is 0. The smallest absolute Gasteiger partial charge is 0.233 e. The van der Waals surface area contributed by atoms with Gasteiger partial charge in [0.25, 0.3) is 0 Å². The van der Waals surface area contributed by atoms with Crippen LogP contribution in [0, 0.1) is 6.92 Å². The third kappa shape index (κ3) is 2.74. The lowest BCUT2D eigenvalue weighted by Crippen LogP contribution is -2.14. The van der Waals surface area contributed by atoms with Crippen LogP contribution in [0.2, 0.25) is 0 Å². The van der Waals surface area contributed by atoms with Crippen molar-refractivity contribution in [3.05, 3.63) is 69.7 Å². The zero-order chi connectivity index (χ0) is 13.1. The molecule has 2 nitrogen and oxygen atoms in total. The van der Waals surface area contributed by atoms with Crippen LogP contribution in [0.1, 0.15) is 26.3 Å². The van der Waals surface area contributed by atoms with Crippen molar-refractivity contribution in [2.75, 3.05) is 0 Å². The van der Waals surface area contributed by atoms with Gasteiger partial charge in [0.15, 0.2) is 0 Å². The molecule has 0 saturated heterocycles. The summed E-state index contributed by atoms with van der Waals surface area (Å²) in [6, 6.07) is 13.8. The molecule has 0 bridgehead atoms. The first-order valence-electron chi connectivity index (χ1n) is 5.49. The van der Waals surface area contributed by atoms with Gasteiger partial charge in [-0.3, -0.25) is 9.59 Å². The molecular weight excluding hydrogens is 292 g/mol. The number of aryl methyl sites for hydroxylation is 1. The lowest BCUT2D eigenvalue weighted by Gasteiger charge is -2.02. The predicted octanol–water partition coefficient (Wildman–Crippen LogP) is 3.82. The van der Waals surface area contributed by atoms with Gasteiger partial charge in [-0.1, -0.05) is 39.7 Å². The van der Waals surface area contributed by atoms with Crippen molar-refractivity contribution in [3.8, 4) is 0 Å². The van der Waals surface area contributed by atoms with Crippen LogP contribution in [-0.4, -0.2) is 11.6 Å². The van der Waals surface area contributed by atoms with Gasteiger partial charge in [-0.15, -0.1) is 0 Å². The summed E-state index contributed by atoms with van der Waals surface area (Å²) in [5.74, 6) is -0.950. The Morgan fingerprint density at radius 1 is 0.889 bits per heavy atom. The van der Waals surface area contributed by atoms with Gasteiger partial charge in [0.2, 0.25) is 11.6 Å². The number of carbonyl (C=O) groups excluding carboxylic acids is 2. The molecule has 2 aromatic carbocycles. The fraction of sp³-hybridized carbons (Fsp3) is 0.0667. The second-order valence-electron chi connectivity index (χ2n) is 4.03. The van der Waals surface area contributed by atoms with E-state index in [1.807, 2.05) is 13.0 Å². The molecule has 0 unspecified atom stereocenters. The van der Waals surface area contributed by atoms with Gasteiger partial charge in [0.05, 0.1) is 0 Å². The Morgan fingerprint density at radius 3 is 2.11 bits per heavy atom. The van der Waals surface area contributed by atoms with Gasteiger partial charge < -0.3 is 0 Å². The fourth-order valence-corrected chi connectivity index (χ4v) is 1.91. The van der Waals surface area contributed by atoms with Crippen LogP contribution in [0.4, 0.5) is 0 Å². The van der Waals surface area contributed by atoms with Crippen LogP contribution in [0.25, 0.3) is 0 Å². The summed E-state index contributed by atoms with van der Waals surface area (Å²) in [4.78, 5) is 24.0. The highest BCUT2D eigenvalue weighted by atomic mass is 79.9. The molecule has 0 atom stereocenters. The van der Waals surface area contributed by atoms with E-state index in [0.29, 0.717) is 11.1 Å². The maximum absolute atomic E-state index is 12.0. The van der Waals surface area contributed by atoms with E-state index < -0.39 is 11.6 Å². The molecule has 0 aliphatic rings. The Labute approximate surface area is 114 Å². The van der Waals surface area contributed by atoms with Crippen molar-refractivity contribution in [1.82, 2.24) is 0 Å².